The Morgan fingerprint density at radius 1 is 1.22 bits per heavy atom. The quantitative estimate of drug-likeness (QED) is 0.755. The van der Waals surface area contributed by atoms with Gasteiger partial charge in [-0.05, 0) is 30.5 Å². The van der Waals surface area contributed by atoms with Gasteiger partial charge in [-0.3, -0.25) is 14.6 Å². The molecule has 1 atom stereocenters. The van der Waals surface area contributed by atoms with E-state index in [2.05, 4.69) is 24.5 Å². The standard InChI is InChI=1S/C19H20N6O2/c26-18-16(10-21-13-23-18)19(27)25-8-1-2-15(12-25)17-22-7-9-24(17)11-14-3-5-20-6-4-14/h3-7,9-10,13,15H,1-2,8,11-12H2,(H,21,23,26)/t15-/m1/s1. The molecule has 1 aliphatic heterocycles. The highest BCUT2D eigenvalue weighted by atomic mass is 16.2. The van der Waals surface area contributed by atoms with Gasteiger partial charge in [0.15, 0.2) is 0 Å². The Hall–Kier alpha value is -3.29. The molecule has 8 nitrogen and oxygen atoms in total. The van der Waals surface area contributed by atoms with E-state index < -0.39 is 5.56 Å². The van der Waals surface area contributed by atoms with Crippen molar-refractivity contribution in [3.63, 3.8) is 0 Å². The number of carbonyl (C=O) groups excluding carboxylic acids is 1. The molecule has 138 valence electrons. The summed E-state index contributed by atoms with van der Waals surface area (Å²) in [5.41, 5.74) is 0.824. The van der Waals surface area contributed by atoms with Crippen LogP contribution in [0.25, 0.3) is 0 Å². The summed E-state index contributed by atoms with van der Waals surface area (Å²) in [6.07, 6.45) is 11.8. The molecule has 0 aliphatic carbocycles. The second kappa shape index (κ2) is 7.53. The van der Waals surface area contributed by atoms with Crippen molar-refractivity contribution in [3.05, 3.63) is 76.7 Å². The van der Waals surface area contributed by atoms with Gasteiger partial charge in [0, 0.05) is 56.5 Å². The smallest absolute Gasteiger partial charge is 0.263 e. The van der Waals surface area contributed by atoms with Crippen molar-refractivity contribution >= 4 is 5.91 Å². The van der Waals surface area contributed by atoms with Crippen LogP contribution in [0.1, 0.15) is 40.5 Å². The molecule has 1 aliphatic rings. The van der Waals surface area contributed by atoms with Crippen LogP contribution < -0.4 is 5.56 Å². The summed E-state index contributed by atoms with van der Waals surface area (Å²) < 4.78 is 2.12. The number of carbonyl (C=O) groups is 1. The predicted molar refractivity (Wildman–Crippen MR) is 98.3 cm³/mol. The Kier molecular flexibility index (Phi) is 4.78. The molecule has 1 fully saturated rings. The van der Waals surface area contributed by atoms with E-state index in [4.69, 9.17) is 0 Å². The average Bonchev–Trinajstić information content (AvgIpc) is 3.17. The van der Waals surface area contributed by atoms with Gasteiger partial charge in [0.2, 0.25) is 0 Å². The lowest BCUT2D eigenvalue weighted by Gasteiger charge is -2.32. The van der Waals surface area contributed by atoms with Crippen molar-refractivity contribution in [1.29, 1.82) is 0 Å². The summed E-state index contributed by atoms with van der Waals surface area (Å²) in [4.78, 5) is 41.3. The lowest BCUT2D eigenvalue weighted by atomic mass is 9.96. The molecule has 3 aromatic rings. The number of pyridine rings is 1. The van der Waals surface area contributed by atoms with Crippen LogP contribution >= 0.6 is 0 Å². The van der Waals surface area contributed by atoms with Gasteiger partial charge in [0.05, 0.1) is 6.33 Å². The third-order valence-electron chi connectivity index (χ3n) is 4.87. The lowest BCUT2D eigenvalue weighted by Crippen LogP contribution is -2.41. The zero-order valence-corrected chi connectivity index (χ0v) is 14.8. The summed E-state index contributed by atoms with van der Waals surface area (Å²) in [6.45, 7) is 1.89. The third kappa shape index (κ3) is 3.64. The van der Waals surface area contributed by atoms with Gasteiger partial charge in [0.25, 0.3) is 11.5 Å². The average molecular weight is 364 g/mol. The molecule has 0 radical (unpaired) electrons. The Labute approximate surface area is 155 Å². The second-order valence-electron chi connectivity index (χ2n) is 6.65. The van der Waals surface area contributed by atoms with Crippen molar-refractivity contribution in [2.24, 2.45) is 0 Å². The minimum Gasteiger partial charge on any atom is -0.338 e. The van der Waals surface area contributed by atoms with Crippen molar-refractivity contribution in [2.75, 3.05) is 13.1 Å². The van der Waals surface area contributed by atoms with E-state index in [0.29, 0.717) is 19.6 Å². The Morgan fingerprint density at radius 3 is 2.89 bits per heavy atom. The number of hydrogen-bond donors (Lipinski definition) is 1. The maximum atomic E-state index is 12.7. The largest absolute Gasteiger partial charge is 0.338 e. The Balaban J connectivity index is 1.52. The maximum Gasteiger partial charge on any atom is 0.263 e. The van der Waals surface area contributed by atoms with Crippen LogP contribution in [0.4, 0.5) is 0 Å². The zero-order valence-electron chi connectivity index (χ0n) is 14.8. The van der Waals surface area contributed by atoms with E-state index in [1.807, 2.05) is 18.3 Å². The number of aromatic nitrogens is 5. The molecule has 4 heterocycles. The molecule has 0 saturated carbocycles. The zero-order chi connectivity index (χ0) is 18.6. The molecule has 1 saturated heterocycles. The minimum atomic E-state index is -0.406. The number of aromatic amines is 1. The fraction of sp³-hybridized carbons (Fsp3) is 0.316. The first-order chi connectivity index (χ1) is 13.2. The number of hydrogen-bond acceptors (Lipinski definition) is 5. The predicted octanol–water partition coefficient (Wildman–Crippen LogP) is 1.43. The van der Waals surface area contributed by atoms with Crippen LogP contribution in [0.2, 0.25) is 0 Å². The van der Waals surface area contributed by atoms with Crippen LogP contribution in [0.5, 0.6) is 0 Å². The monoisotopic (exact) mass is 364 g/mol. The number of piperidine rings is 1. The maximum absolute atomic E-state index is 12.7. The number of imidazole rings is 1. The van der Waals surface area contributed by atoms with Gasteiger partial charge in [-0.1, -0.05) is 0 Å². The van der Waals surface area contributed by atoms with Crippen LogP contribution in [0.3, 0.4) is 0 Å². The molecular weight excluding hydrogens is 344 g/mol. The second-order valence-corrected chi connectivity index (χ2v) is 6.65. The summed E-state index contributed by atoms with van der Waals surface area (Å²) in [5.74, 6) is 0.820. The molecule has 0 unspecified atom stereocenters. The van der Waals surface area contributed by atoms with Gasteiger partial charge in [-0.25, -0.2) is 9.97 Å². The number of amides is 1. The highest BCUT2D eigenvalue weighted by Crippen LogP contribution is 2.27. The van der Waals surface area contributed by atoms with Gasteiger partial charge in [0.1, 0.15) is 11.4 Å². The summed E-state index contributed by atoms with van der Waals surface area (Å²) in [7, 11) is 0. The number of rotatable bonds is 4. The molecular formula is C19H20N6O2. The number of nitrogens with one attached hydrogen (secondary N) is 1. The first kappa shape index (κ1) is 17.1. The number of H-pyrrole nitrogens is 1. The SMILES string of the molecule is O=C(c1cnc[nH]c1=O)N1CCC[C@@H](c2nccn2Cc2ccncc2)C1. The van der Waals surface area contributed by atoms with Gasteiger partial charge >= 0.3 is 0 Å². The fourth-order valence-electron chi connectivity index (χ4n) is 3.54. The van der Waals surface area contributed by atoms with Crippen LogP contribution in [0.15, 0.2) is 54.2 Å². The van der Waals surface area contributed by atoms with E-state index >= 15 is 0 Å². The van der Waals surface area contributed by atoms with E-state index in [0.717, 1.165) is 24.2 Å². The molecule has 3 aromatic heterocycles. The fourth-order valence-corrected chi connectivity index (χ4v) is 3.54. The van der Waals surface area contributed by atoms with Crippen molar-refractivity contribution in [3.8, 4) is 0 Å². The normalized spacial score (nSPS) is 17.0. The molecule has 0 bridgehead atoms. The van der Waals surface area contributed by atoms with Gasteiger partial charge in [-0.15, -0.1) is 0 Å². The molecule has 0 spiro atoms. The molecule has 27 heavy (non-hydrogen) atoms. The molecule has 4 rings (SSSR count). The van der Waals surface area contributed by atoms with Crippen LogP contribution in [-0.4, -0.2) is 48.4 Å². The van der Waals surface area contributed by atoms with Crippen molar-refractivity contribution in [1.82, 2.24) is 29.4 Å². The number of likely N-dealkylation sites (tertiary alicyclic amines) is 1. The van der Waals surface area contributed by atoms with Crippen molar-refractivity contribution < 1.29 is 4.79 Å². The molecule has 0 aromatic carbocycles. The van der Waals surface area contributed by atoms with E-state index in [1.165, 1.54) is 12.5 Å². The van der Waals surface area contributed by atoms with Crippen LogP contribution in [-0.2, 0) is 6.54 Å². The first-order valence-corrected chi connectivity index (χ1v) is 8.94. The van der Waals surface area contributed by atoms with Crippen molar-refractivity contribution in [2.45, 2.75) is 25.3 Å². The minimum absolute atomic E-state index is 0.0817. The van der Waals surface area contributed by atoms with Gasteiger partial charge < -0.3 is 14.5 Å². The van der Waals surface area contributed by atoms with E-state index in [9.17, 15) is 9.59 Å². The molecule has 8 heteroatoms. The summed E-state index contributed by atoms with van der Waals surface area (Å²) >= 11 is 0. The van der Waals surface area contributed by atoms with Crippen LogP contribution in [0, 0.1) is 0 Å². The van der Waals surface area contributed by atoms with Gasteiger partial charge in [-0.2, -0.15) is 0 Å². The number of nitrogens with zero attached hydrogens (tertiary/aromatic N) is 5. The molecule has 1 amide bonds. The Bertz CT molecular complexity index is 981. The summed E-state index contributed by atoms with van der Waals surface area (Å²) in [5, 5.41) is 0. The lowest BCUT2D eigenvalue weighted by molar-refractivity contribution is 0.0701. The summed E-state index contributed by atoms with van der Waals surface area (Å²) in [6, 6.07) is 3.96. The van der Waals surface area contributed by atoms with E-state index in [-0.39, 0.29) is 17.4 Å². The third-order valence-corrected chi connectivity index (χ3v) is 4.87. The Morgan fingerprint density at radius 2 is 2.07 bits per heavy atom. The molecule has 1 N–H and O–H groups in total. The highest BCUT2D eigenvalue weighted by molar-refractivity contribution is 5.93. The highest BCUT2D eigenvalue weighted by Gasteiger charge is 2.29. The topological polar surface area (TPSA) is 96.8 Å². The first-order valence-electron chi connectivity index (χ1n) is 8.94. The van der Waals surface area contributed by atoms with E-state index in [1.54, 1.807) is 23.5 Å².